The fourth-order valence-electron chi connectivity index (χ4n) is 3.28. The monoisotopic (exact) mass is 327 g/mol. The van der Waals surface area contributed by atoms with Gasteiger partial charge in [-0.1, -0.05) is 30.3 Å². The van der Waals surface area contributed by atoms with E-state index in [-0.39, 0.29) is 5.97 Å². The predicted molar refractivity (Wildman–Crippen MR) is 93.8 cm³/mol. The van der Waals surface area contributed by atoms with Gasteiger partial charge in [-0.3, -0.25) is 4.90 Å². The van der Waals surface area contributed by atoms with Crippen LogP contribution in [-0.4, -0.2) is 42.1 Å². The van der Waals surface area contributed by atoms with Crippen molar-refractivity contribution < 1.29 is 9.53 Å². The summed E-state index contributed by atoms with van der Waals surface area (Å²) in [5.41, 5.74) is 2.94. The number of hydrogen-bond acceptors (Lipinski definition) is 4. The predicted octanol–water partition coefficient (Wildman–Crippen LogP) is 2.73. The lowest BCUT2D eigenvalue weighted by Crippen LogP contribution is -2.33. The summed E-state index contributed by atoms with van der Waals surface area (Å²) in [5, 5.41) is 3.59. The molecular weight excluding hydrogens is 302 g/mol. The third-order valence-corrected chi connectivity index (χ3v) is 4.79. The summed E-state index contributed by atoms with van der Waals surface area (Å²) in [6.07, 6.45) is 3.00. The van der Waals surface area contributed by atoms with Crippen LogP contribution in [0.3, 0.4) is 0 Å². The molecule has 5 heteroatoms. The smallest absolute Gasteiger partial charge is 0.354 e. The summed E-state index contributed by atoms with van der Waals surface area (Å²) in [5.74, 6) is -0.329. The molecular formula is C19H25N3O2. The average Bonchev–Trinajstić information content (AvgIpc) is 3.29. The van der Waals surface area contributed by atoms with Crippen LogP contribution in [0.25, 0.3) is 0 Å². The number of ether oxygens (including phenoxy) is 1. The second kappa shape index (κ2) is 7.64. The van der Waals surface area contributed by atoms with Crippen molar-refractivity contribution in [3.05, 3.63) is 59.4 Å². The largest absolute Gasteiger partial charge is 0.464 e. The maximum absolute atomic E-state index is 11.5. The number of aromatic nitrogens is 1. The number of benzene rings is 1. The topological polar surface area (TPSA) is 57.4 Å². The average molecular weight is 327 g/mol. The fraction of sp³-hybridized carbons (Fsp3) is 0.421. The van der Waals surface area contributed by atoms with Crippen molar-refractivity contribution in [3.8, 4) is 0 Å². The number of likely N-dealkylation sites (tertiary alicyclic amines) is 1. The molecule has 128 valence electrons. The molecule has 0 bridgehead atoms. The third kappa shape index (κ3) is 3.86. The normalized spacial score (nSPS) is 19.3. The van der Waals surface area contributed by atoms with Gasteiger partial charge in [0.2, 0.25) is 0 Å². The first-order valence-corrected chi connectivity index (χ1v) is 8.45. The van der Waals surface area contributed by atoms with Crippen LogP contribution in [0.4, 0.5) is 0 Å². The summed E-state index contributed by atoms with van der Waals surface area (Å²) in [6, 6.07) is 13.4. The Bertz CT molecular complexity index is 668. The molecule has 5 nitrogen and oxygen atoms in total. The molecule has 1 aliphatic rings. The number of carbonyl (C=O) groups is 1. The zero-order valence-corrected chi connectivity index (χ0v) is 14.3. The van der Waals surface area contributed by atoms with Crippen LogP contribution in [0.1, 0.15) is 41.0 Å². The van der Waals surface area contributed by atoms with E-state index in [1.54, 1.807) is 0 Å². The van der Waals surface area contributed by atoms with Crippen molar-refractivity contribution in [1.29, 1.82) is 0 Å². The maximum atomic E-state index is 11.5. The second-order valence-corrected chi connectivity index (χ2v) is 6.36. The van der Waals surface area contributed by atoms with Gasteiger partial charge in [0.15, 0.2) is 0 Å². The van der Waals surface area contributed by atoms with Crippen LogP contribution < -0.4 is 5.32 Å². The summed E-state index contributed by atoms with van der Waals surface area (Å²) >= 11 is 0. The first-order valence-electron chi connectivity index (χ1n) is 8.45. The Hall–Kier alpha value is -2.11. The third-order valence-electron chi connectivity index (χ3n) is 4.79. The van der Waals surface area contributed by atoms with Crippen molar-refractivity contribution in [2.24, 2.45) is 0 Å². The van der Waals surface area contributed by atoms with Crippen LogP contribution in [0.5, 0.6) is 0 Å². The highest BCUT2D eigenvalue weighted by atomic mass is 16.5. The van der Waals surface area contributed by atoms with Gasteiger partial charge in [0.25, 0.3) is 0 Å². The first-order chi connectivity index (χ1) is 11.7. The number of methoxy groups -OCH3 is 1. The highest BCUT2D eigenvalue weighted by Gasteiger charge is 2.26. The second-order valence-electron chi connectivity index (χ2n) is 6.36. The van der Waals surface area contributed by atoms with E-state index in [1.165, 1.54) is 12.7 Å². The Morgan fingerprint density at radius 2 is 2.21 bits per heavy atom. The molecule has 2 atom stereocenters. The molecule has 0 spiro atoms. The summed E-state index contributed by atoms with van der Waals surface area (Å²) in [6.45, 7) is 5.18. The molecule has 0 aliphatic carbocycles. The van der Waals surface area contributed by atoms with Gasteiger partial charge in [0.05, 0.1) is 7.11 Å². The molecule has 1 aliphatic heterocycles. The molecule has 3 rings (SSSR count). The van der Waals surface area contributed by atoms with Crippen LogP contribution in [-0.2, 0) is 11.3 Å². The van der Waals surface area contributed by atoms with Gasteiger partial charge in [-0.25, -0.2) is 4.79 Å². The van der Waals surface area contributed by atoms with Crippen molar-refractivity contribution in [3.63, 3.8) is 0 Å². The molecule has 1 aromatic heterocycles. The van der Waals surface area contributed by atoms with Crippen molar-refractivity contribution in [1.82, 2.24) is 15.2 Å². The number of carbonyl (C=O) groups excluding carboxylic acids is 1. The van der Waals surface area contributed by atoms with Gasteiger partial charge in [-0.2, -0.15) is 0 Å². The number of nitrogens with one attached hydrogen (secondary N) is 2. The number of aromatic amines is 1. The minimum absolute atomic E-state index is 0.329. The molecule has 2 N–H and O–H groups in total. The number of esters is 1. The highest BCUT2D eigenvalue weighted by Crippen LogP contribution is 2.24. The van der Waals surface area contributed by atoms with Crippen molar-refractivity contribution >= 4 is 5.97 Å². The van der Waals surface area contributed by atoms with Crippen molar-refractivity contribution in [2.45, 2.75) is 32.0 Å². The number of H-pyrrole nitrogens is 1. The summed E-state index contributed by atoms with van der Waals surface area (Å²) in [4.78, 5) is 16.9. The SMILES string of the molecule is COC(=O)c1cc(CN[C@@H]2CCN([C@H](C)c3ccccc3)C2)c[nH]1. The molecule has 0 saturated carbocycles. The first kappa shape index (κ1) is 16.7. The quantitative estimate of drug-likeness (QED) is 0.801. The van der Waals surface area contributed by atoms with E-state index in [9.17, 15) is 4.79 Å². The maximum Gasteiger partial charge on any atom is 0.354 e. The van der Waals surface area contributed by atoms with E-state index in [2.05, 4.69) is 52.5 Å². The lowest BCUT2D eigenvalue weighted by atomic mass is 10.1. The molecule has 0 radical (unpaired) electrons. The zero-order valence-electron chi connectivity index (χ0n) is 14.3. The Labute approximate surface area is 143 Å². The molecule has 1 fully saturated rings. The number of nitrogens with zero attached hydrogens (tertiary/aromatic N) is 1. The summed E-state index contributed by atoms with van der Waals surface area (Å²) < 4.78 is 4.71. The standard InChI is InChI=1S/C19H25N3O2/c1-14(16-6-4-3-5-7-16)22-9-8-17(13-22)20-11-15-10-18(21-12-15)19(23)24-2/h3-7,10,12,14,17,20-21H,8-9,11,13H2,1-2H3/t14-,17-/m1/s1. The summed E-state index contributed by atoms with van der Waals surface area (Å²) in [7, 11) is 1.39. The van der Waals surface area contributed by atoms with Crippen LogP contribution >= 0.6 is 0 Å². The Kier molecular flexibility index (Phi) is 5.33. The van der Waals surface area contributed by atoms with Gasteiger partial charge in [-0.15, -0.1) is 0 Å². The molecule has 0 unspecified atom stereocenters. The van der Waals surface area contributed by atoms with Crippen molar-refractivity contribution in [2.75, 3.05) is 20.2 Å². The van der Waals surface area contributed by atoms with Gasteiger partial charge in [0, 0.05) is 37.9 Å². The number of hydrogen-bond donors (Lipinski definition) is 2. The minimum Gasteiger partial charge on any atom is -0.464 e. The molecule has 1 saturated heterocycles. The Morgan fingerprint density at radius 1 is 1.42 bits per heavy atom. The van der Waals surface area contributed by atoms with E-state index in [0.29, 0.717) is 17.8 Å². The van der Waals surface area contributed by atoms with E-state index < -0.39 is 0 Å². The van der Waals surface area contributed by atoms with Gasteiger partial charge in [-0.05, 0) is 30.5 Å². The minimum atomic E-state index is -0.329. The Morgan fingerprint density at radius 3 is 2.96 bits per heavy atom. The van der Waals surface area contributed by atoms with Gasteiger partial charge < -0.3 is 15.0 Å². The molecule has 0 amide bonds. The zero-order chi connectivity index (χ0) is 16.9. The highest BCUT2D eigenvalue weighted by molar-refractivity contribution is 5.87. The van der Waals surface area contributed by atoms with Gasteiger partial charge in [0.1, 0.15) is 5.69 Å². The van der Waals surface area contributed by atoms with Crippen LogP contribution in [0.2, 0.25) is 0 Å². The van der Waals surface area contributed by atoms with Gasteiger partial charge >= 0.3 is 5.97 Å². The molecule has 2 heterocycles. The number of rotatable bonds is 6. The van der Waals surface area contributed by atoms with E-state index in [0.717, 1.165) is 31.6 Å². The van der Waals surface area contributed by atoms with E-state index in [1.807, 2.05) is 12.3 Å². The van der Waals surface area contributed by atoms with E-state index >= 15 is 0 Å². The fourth-order valence-corrected chi connectivity index (χ4v) is 3.28. The molecule has 1 aromatic carbocycles. The lowest BCUT2D eigenvalue weighted by Gasteiger charge is -2.24. The molecule has 2 aromatic rings. The van der Waals surface area contributed by atoms with E-state index in [4.69, 9.17) is 4.74 Å². The van der Waals surface area contributed by atoms with Crippen LogP contribution in [0, 0.1) is 0 Å². The van der Waals surface area contributed by atoms with Crippen LogP contribution in [0.15, 0.2) is 42.6 Å². The molecule has 24 heavy (non-hydrogen) atoms. The lowest BCUT2D eigenvalue weighted by molar-refractivity contribution is 0.0595. The Balaban J connectivity index is 1.49.